The Morgan fingerprint density at radius 1 is 1.46 bits per heavy atom. The van der Waals surface area contributed by atoms with Gasteiger partial charge in [0.2, 0.25) is 5.95 Å². The first kappa shape index (κ1) is 8.31. The summed E-state index contributed by atoms with van der Waals surface area (Å²) in [6.07, 6.45) is 3.01. The maximum atomic E-state index is 12.7. The minimum Gasteiger partial charge on any atom is -0.228 e. The Kier molecular flexibility index (Phi) is 2.05. The van der Waals surface area contributed by atoms with Gasteiger partial charge in [0, 0.05) is 12.3 Å². The quantitative estimate of drug-likeness (QED) is 0.714. The van der Waals surface area contributed by atoms with Gasteiger partial charge in [-0.3, -0.25) is 0 Å². The average molecular weight is 243 g/mol. The fourth-order valence-corrected chi connectivity index (χ4v) is 1.17. The van der Waals surface area contributed by atoms with E-state index in [1.54, 1.807) is 12.3 Å². The predicted octanol–water partition coefficient (Wildman–Crippen LogP) is 1.56. The molecule has 0 aliphatic rings. The zero-order valence-electron chi connectivity index (χ0n) is 6.35. The molecule has 0 saturated carbocycles. The van der Waals surface area contributed by atoms with Crippen molar-refractivity contribution >= 4 is 15.9 Å². The molecule has 0 N–H and O–H groups in total. The van der Waals surface area contributed by atoms with Crippen molar-refractivity contribution in [3.63, 3.8) is 0 Å². The van der Waals surface area contributed by atoms with Crippen molar-refractivity contribution in [1.82, 2.24) is 20.0 Å². The molecule has 2 rings (SSSR count). The molecule has 4 nitrogen and oxygen atoms in total. The summed E-state index contributed by atoms with van der Waals surface area (Å²) in [7, 11) is 0. The summed E-state index contributed by atoms with van der Waals surface area (Å²) < 4.78 is 14.7. The zero-order valence-corrected chi connectivity index (χ0v) is 7.94. The van der Waals surface area contributed by atoms with Crippen molar-refractivity contribution in [2.24, 2.45) is 0 Å². The maximum Gasteiger partial charge on any atom is 0.214 e. The second kappa shape index (κ2) is 3.21. The molecule has 13 heavy (non-hydrogen) atoms. The molecule has 0 atom stereocenters. The van der Waals surface area contributed by atoms with Crippen molar-refractivity contribution in [1.29, 1.82) is 0 Å². The summed E-state index contributed by atoms with van der Waals surface area (Å²) in [6.45, 7) is 0. The van der Waals surface area contributed by atoms with E-state index in [0.717, 1.165) is 0 Å². The Labute approximate surface area is 81.5 Å². The third-order valence-electron chi connectivity index (χ3n) is 1.44. The largest absolute Gasteiger partial charge is 0.228 e. The monoisotopic (exact) mass is 242 g/mol. The Balaban J connectivity index is 2.46. The van der Waals surface area contributed by atoms with Gasteiger partial charge in [-0.2, -0.15) is 4.39 Å². The molecule has 0 aliphatic carbocycles. The molecular weight excluding hydrogens is 239 g/mol. The topological polar surface area (TPSA) is 43.6 Å². The van der Waals surface area contributed by atoms with Crippen LogP contribution >= 0.6 is 15.9 Å². The summed E-state index contributed by atoms with van der Waals surface area (Å²) in [6, 6.07) is 2.92. The van der Waals surface area contributed by atoms with E-state index in [9.17, 15) is 4.39 Å². The molecule has 0 fully saturated rings. The molecule has 6 heteroatoms. The van der Waals surface area contributed by atoms with Gasteiger partial charge in [-0.1, -0.05) is 5.21 Å². The molecule has 0 amide bonds. The van der Waals surface area contributed by atoms with Crippen LogP contribution in [-0.4, -0.2) is 20.0 Å². The van der Waals surface area contributed by atoms with E-state index in [1.807, 2.05) is 0 Å². The Morgan fingerprint density at radius 3 is 2.92 bits per heavy atom. The number of hydrogen-bond acceptors (Lipinski definition) is 3. The predicted molar refractivity (Wildman–Crippen MR) is 46.8 cm³/mol. The smallest absolute Gasteiger partial charge is 0.214 e. The van der Waals surface area contributed by atoms with E-state index >= 15 is 0 Å². The minimum atomic E-state index is -0.538. The molecule has 0 aromatic carbocycles. The van der Waals surface area contributed by atoms with E-state index in [0.29, 0.717) is 10.3 Å². The van der Waals surface area contributed by atoms with Crippen LogP contribution in [0.15, 0.2) is 29.1 Å². The molecule has 0 aliphatic heterocycles. The van der Waals surface area contributed by atoms with Crippen LogP contribution in [0.2, 0.25) is 0 Å². The molecule has 66 valence electrons. The molecule has 0 unspecified atom stereocenters. The third-order valence-corrected chi connectivity index (χ3v) is 1.80. The van der Waals surface area contributed by atoms with Gasteiger partial charge in [0.05, 0.1) is 11.9 Å². The van der Waals surface area contributed by atoms with Gasteiger partial charge < -0.3 is 0 Å². The van der Waals surface area contributed by atoms with Crippen molar-refractivity contribution < 1.29 is 4.39 Å². The van der Waals surface area contributed by atoms with E-state index in [4.69, 9.17) is 0 Å². The van der Waals surface area contributed by atoms with Crippen LogP contribution in [0.25, 0.3) is 5.69 Å². The van der Waals surface area contributed by atoms with E-state index in [-0.39, 0.29) is 0 Å². The summed E-state index contributed by atoms with van der Waals surface area (Å²) in [4.78, 5) is 3.43. The van der Waals surface area contributed by atoms with Crippen molar-refractivity contribution in [3.05, 3.63) is 35.1 Å². The van der Waals surface area contributed by atoms with Gasteiger partial charge in [-0.05, 0) is 22.0 Å². The average Bonchev–Trinajstić information content (AvgIpc) is 2.52. The van der Waals surface area contributed by atoms with Crippen molar-refractivity contribution in [3.8, 4) is 5.69 Å². The van der Waals surface area contributed by atoms with Crippen LogP contribution in [0.5, 0.6) is 0 Å². The molecule has 2 aromatic heterocycles. The Hall–Kier alpha value is -1.30. The van der Waals surface area contributed by atoms with Gasteiger partial charge >= 0.3 is 0 Å². The number of nitrogens with zero attached hydrogens (tertiary/aromatic N) is 4. The number of pyridine rings is 1. The molecule has 2 heterocycles. The van der Waals surface area contributed by atoms with Gasteiger partial charge in [0.1, 0.15) is 4.60 Å². The lowest BCUT2D eigenvalue weighted by molar-refractivity contribution is 0.581. The molecule has 0 radical (unpaired) electrons. The van der Waals surface area contributed by atoms with Gasteiger partial charge in [0.25, 0.3) is 0 Å². The van der Waals surface area contributed by atoms with Crippen molar-refractivity contribution in [2.45, 2.75) is 0 Å². The Morgan fingerprint density at radius 2 is 2.31 bits per heavy atom. The highest BCUT2D eigenvalue weighted by Gasteiger charge is 2.01. The van der Waals surface area contributed by atoms with Crippen LogP contribution in [0.3, 0.4) is 0 Å². The zero-order chi connectivity index (χ0) is 9.26. The lowest BCUT2D eigenvalue weighted by Gasteiger charge is -1.97. The normalized spacial score (nSPS) is 10.3. The maximum absolute atomic E-state index is 12.7. The van der Waals surface area contributed by atoms with Crippen LogP contribution in [0, 0.1) is 5.95 Å². The number of halogens is 2. The fourth-order valence-electron chi connectivity index (χ4n) is 0.904. The van der Waals surface area contributed by atoms with Crippen LogP contribution < -0.4 is 0 Å². The molecule has 0 saturated heterocycles. The van der Waals surface area contributed by atoms with Crippen LogP contribution in [-0.2, 0) is 0 Å². The summed E-state index contributed by atoms with van der Waals surface area (Å²) in [5, 5.41) is 7.46. The van der Waals surface area contributed by atoms with E-state index in [2.05, 4.69) is 31.2 Å². The first-order valence-corrected chi connectivity index (χ1v) is 4.25. The van der Waals surface area contributed by atoms with Gasteiger partial charge in [-0.15, -0.1) is 5.10 Å². The molecular formula is C7H4BrFN4. The second-order valence-corrected chi connectivity index (χ2v) is 3.14. The minimum absolute atomic E-state index is 0.538. The summed E-state index contributed by atoms with van der Waals surface area (Å²) >= 11 is 3.14. The standard InChI is InChI=1S/C7H4BrFN4/c8-6-4-13(12-11-6)5-1-2-10-7(9)3-5/h1-4H. The SMILES string of the molecule is Fc1cc(-n2cc(Br)nn2)ccn1. The molecule has 2 aromatic rings. The second-order valence-electron chi connectivity index (χ2n) is 2.32. The van der Waals surface area contributed by atoms with Crippen molar-refractivity contribution in [2.75, 3.05) is 0 Å². The highest BCUT2D eigenvalue weighted by atomic mass is 79.9. The highest BCUT2D eigenvalue weighted by molar-refractivity contribution is 9.10. The Bertz CT molecular complexity index is 428. The summed E-state index contributed by atoms with van der Waals surface area (Å²) in [5.74, 6) is -0.538. The number of aromatic nitrogens is 4. The van der Waals surface area contributed by atoms with Gasteiger partial charge in [-0.25, -0.2) is 9.67 Å². The van der Waals surface area contributed by atoms with Crippen LogP contribution in [0.1, 0.15) is 0 Å². The molecule has 0 bridgehead atoms. The number of hydrogen-bond donors (Lipinski definition) is 0. The number of rotatable bonds is 1. The first-order valence-electron chi connectivity index (χ1n) is 3.45. The summed E-state index contributed by atoms with van der Waals surface area (Å²) in [5.41, 5.74) is 0.589. The van der Waals surface area contributed by atoms with Crippen LogP contribution in [0.4, 0.5) is 4.39 Å². The highest BCUT2D eigenvalue weighted by Crippen LogP contribution is 2.09. The van der Waals surface area contributed by atoms with E-state index < -0.39 is 5.95 Å². The molecule has 0 spiro atoms. The lowest BCUT2D eigenvalue weighted by atomic mass is 10.4. The fraction of sp³-hybridized carbons (Fsp3) is 0. The van der Waals surface area contributed by atoms with Gasteiger partial charge in [0.15, 0.2) is 0 Å². The van der Waals surface area contributed by atoms with E-state index in [1.165, 1.54) is 16.9 Å². The first-order chi connectivity index (χ1) is 6.25. The third kappa shape index (κ3) is 1.72. The lowest BCUT2D eigenvalue weighted by Crippen LogP contribution is -1.96.